The lowest BCUT2D eigenvalue weighted by atomic mass is 10.1. The van der Waals surface area contributed by atoms with Gasteiger partial charge in [-0.1, -0.05) is 18.7 Å². The maximum atomic E-state index is 11.6. The number of hydrogen-bond donors (Lipinski definition) is 3. The van der Waals surface area contributed by atoms with E-state index in [1.165, 1.54) is 0 Å². The third-order valence-corrected chi connectivity index (χ3v) is 3.48. The second-order valence-corrected chi connectivity index (χ2v) is 5.52. The number of carbonyl (C=O) groups excluding carboxylic acids is 1. The molecule has 1 heterocycles. The van der Waals surface area contributed by atoms with Crippen LogP contribution in [0.3, 0.4) is 0 Å². The van der Waals surface area contributed by atoms with E-state index in [1.807, 2.05) is 24.3 Å². The molecule has 2 aromatic rings. The molecule has 1 aromatic carbocycles. The molecule has 9 nitrogen and oxygen atoms in total. The van der Waals surface area contributed by atoms with Gasteiger partial charge in [0.1, 0.15) is 11.6 Å². The van der Waals surface area contributed by atoms with Crippen LogP contribution < -0.4 is 20.9 Å². The van der Waals surface area contributed by atoms with Crippen LogP contribution in [0.2, 0.25) is 0 Å². The van der Waals surface area contributed by atoms with E-state index >= 15 is 0 Å². The molecule has 0 bridgehead atoms. The third-order valence-electron chi connectivity index (χ3n) is 3.48. The number of aromatic nitrogens is 2. The molecule has 0 aliphatic heterocycles. The van der Waals surface area contributed by atoms with E-state index in [1.54, 1.807) is 31.0 Å². The lowest BCUT2D eigenvalue weighted by Crippen LogP contribution is -2.36. The summed E-state index contributed by atoms with van der Waals surface area (Å²) in [4.78, 5) is 26.3. The highest BCUT2D eigenvalue weighted by atomic mass is 16.5. The number of hydrogen-bond acceptors (Lipinski definition) is 5. The largest absolute Gasteiger partial charge is 0.497 e. The van der Waals surface area contributed by atoms with E-state index in [2.05, 4.69) is 27.3 Å². The fraction of sp³-hybridized carbons (Fsp3) is 0.222. The summed E-state index contributed by atoms with van der Waals surface area (Å²) in [6, 6.07) is 10.5. The molecule has 27 heavy (non-hydrogen) atoms. The Morgan fingerprint density at radius 1 is 1.33 bits per heavy atom. The number of carboxylic acids is 1. The van der Waals surface area contributed by atoms with E-state index in [9.17, 15) is 9.59 Å². The van der Waals surface area contributed by atoms with E-state index < -0.39 is 12.0 Å². The van der Waals surface area contributed by atoms with Crippen molar-refractivity contribution in [1.82, 2.24) is 20.4 Å². The van der Waals surface area contributed by atoms with Crippen LogP contribution in [0.1, 0.15) is 6.42 Å². The highest BCUT2D eigenvalue weighted by Gasteiger charge is 2.05. The smallest absolute Gasteiger partial charge is 0.320 e. The van der Waals surface area contributed by atoms with Gasteiger partial charge in [-0.3, -0.25) is 14.8 Å². The SMILES string of the molecule is C=C(/N=c1/ccc(-c2cccc(OC)c2)nn1C)NC(=O)NCCC(=O)O. The lowest BCUT2D eigenvalue weighted by molar-refractivity contribution is -0.136. The number of carbonyl (C=O) groups is 2. The van der Waals surface area contributed by atoms with Gasteiger partial charge in [-0.15, -0.1) is 0 Å². The first kappa shape index (κ1) is 19.7. The van der Waals surface area contributed by atoms with Gasteiger partial charge in [0, 0.05) is 19.2 Å². The highest BCUT2D eigenvalue weighted by Crippen LogP contribution is 2.20. The van der Waals surface area contributed by atoms with Crippen molar-refractivity contribution in [2.75, 3.05) is 13.7 Å². The third kappa shape index (κ3) is 5.99. The maximum absolute atomic E-state index is 11.6. The average molecular weight is 371 g/mol. The summed E-state index contributed by atoms with van der Waals surface area (Å²) in [6.07, 6.45) is -0.165. The molecule has 2 rings (SSSR count). The Balaban J connectivity index is 2.08. The Morgan fingerprint density at radius 2 is 2.11 bits per heavy atom. The van der Waals surface area contributed by atoms with Crippen molar-refractivity contribution in [3.8, 4) is 17.0 Å². The minimum absolute atomic E-state index is 0.0129. The van der Waals surface area contributed by atoms with Gasteiger partial charge in [0.25, 0.3) is 0 Å². The van der Waals surface area contributed by atoms with Crippen LogP contribution in [0.5, 0.6) is 5.75 Å². The van der Waals surface area contributed by atoms with Crippen molar-refractivity contribution in [2.45, 2.75) is 6.42 Å². The zero-order valence-corrected chi connectivity index (χ0v) is 15.1. The summed E-state index contributed by atoms with van der Waals surface area (Å²) in [5.74, 6) is -0.153. The van der Waals surface area contributed by atoms with Crippen molar-refractivity contribution in [1.29, 1.82) is 0 Å². The number of nitrogens with one attached hydrogen (secondary N) is 2. The molecule has 0 spiro atoms. The zero-order valence-electron chi connectivity index (χ0n) is 15.1. The van der Waals surface area contributed by atoms with Gasteiger partial charge >= 0.3 is 12.0 Å². The number of urea groups is 1. The van der Waals surface area contributed by atoms with Crippen LogP contribution in [0.25, 0.3) is 11.3 Å². The topological polar surface area (TPSA) is 118 Å². The number of methoxy groups -OCH3 is 1. The number of rotatable bonds is 7. The molecule has 0 saturated carbocycles. The van der Waals surface area contributed by atoms with Crippen molar-refractivity contribution in [2.24, 2.45) is 12.0 Å². The van der Waals surface area contributed by atoms with Gasteiger partial charge < -0.3 is 15.2 Å². The Labute approximate surface area is 156 Å². The predicted molar refractivity (Wildman–Crippen MR) is 98.7 cm³/mol. The molecule has 0 unspecified atom stereocenters. The number of carboxylic acid groups (broad SMARTS) is 1. The van der Waals surface area contributed by atoms with Gasteiger partial charge in [-0.05, 0) is 24.3 Å². The number of aliphatic carboxylic acids is 1. The van der Waals surface area contributed by atoms with Gasteiger partial charge in [0.05, 0.1) is 19.2 Å². The Kier molecular flexibility index (Phi) is 6.70. The number of aryl methyl sites for hydroxylation is 1. The molecule has 0 saturated heterocycles. The molecule has 0 aliphatic rings. The maximum Gasteiger partial charge on any atom is 0.320 e. The minimum atomic E-state index is -0.993. The molecule has 1 aromatic heterocycles. The van der Waals surface area contributed by atoms with E-state index in [0.717, 1.165) is 17.0 Å². The fourth-order valence-electron chi connectivity index (χ4n) is 2.18. The summed E-state index contributed by atoms with van der Waals surface area (Å²) in [6.45, 7) is 3.68. The monoisotopic (exact) mass is 371 g/mol. The standard InChI is InChI=1S/C18H21N5O4/c1-12(21-18(26)19-10-9-17(24)25)20-16-8-7-15(22-23(16)2)13-5-4-6-14(11-13)27-3/h4-8,11H,1,9-10H2,2-3H3,(H,24,25)(H2,19,21,26)/b20-16-. The normalized spacial score (nSPS) is 11.0. The molecule has 0 fully saturated rings. The van der Waals surface area contributed by atoms with Crippen LogP contribution in [-0.2, 0) is 11.8 Å². The molecule has 3 N–H and O–H groups in total. The first-order valence-electron chi connectivity index (χ1n) is 8.08. The average Bonchev–Trinajstić information content (AvgIpc) is 2.63. The van der Waals surface area contributed by atoms with Crippen LogP contribution in [-0.4, -0.2) is 40.5 Å². The second-order valence-electron chi connectivity index (χ2n) is 5.52. The van der Waals surface area contributed by atoms with Gasteiger partial charge in [-0.25, -0.2) is 9.79 Å². The molecule has 9 heteroatoms. The second kappa shape index (κ2) is 9.18. The Hall–Kier alpha value is -3.62. The summed E-state index contributed by atoms with van der Waals surface area (Å²) >= 11 is 0. The van der Waals surface area contributed by atoms with Crippen molar-refractivity contribution in [3.63, 3.8) is 0 Å². The lowest BCUT2D eigenvalue weighted by Gasteiger charge is -2.08. The summed E-state index contributed by atoms with van der Waals surface area (Å²) in [7, 11) is 3.33. The molecule has 142 valence electrons. The Morgan fingerprint density at radius 3 is 2.78 bits per heavy atom. The number of nitrogens with zero attached hydrogens (tertiary/aromatic N) is 3. The van der Waals surface area contributed by atoms with Crippen molar-refractivity contribution >= 4 is 12.0 Å². The summed E-state index contributed by atoms with van der Waals surface area (Å²) in [5, 5.41) is 17.8. The molecular weight excluding hydrogens is 350 g/mol. The van der Waals surface area contributed by atoms with Crippen LogP contribution in [0.4, 0.5) is 4.79 Å². The van der Waals surface area contributed by atoms with Crippen LogP contribution >= 0.6 is 0 Å². The number of amides is 2. The van der Waals surface area contributed by atoms with Gasteiger partial charge in [0.2, 0.25) is 0 Å². The Bertz CT molecular complexity index is 920. The quantitative estimate of drug-likeness (QED) is 0.677. The zero-order chi connectivity index (χ0) is 19.8. The number of benzene rings is 1. The van der Waals surface area contributed by atoms with Crippen molar-refractivity contribution in [3.05, 3.63) is 54.3 Å². The molecule has 2 amide bonds. The fourth-order valence-corrected chi connectivity index (χ4v) is 2.18. The molecule has 0 atom stereocenters. The predicted octanol–water partition coefficient (Wildman–Crippen LogP) is 1.24. The van der Waals surface area contributed by atoms with E-state index in [4.69, 9.17) is 9.84 Å². The first-order chi connectivity index (χ1) is 12.9. The van der Waals surface area contributed by atoms with E-state index in [0.29, 0.717) is 5.49 Å². The van der Waals surface area contributed by atoms with Gasteiger partial charge in [0.15, 0.2) is 5.49 Å². The van der Waals surface area contributed by atoms with E-state index in [-0.39, 0.29) is 18.8 Å². The van der Waals surface area contributed by atoms with Crippen LogP contribution in [0, 0.1) is 0 Å². The van der Waals surface area contributed by atoms with Gasteiger partial charge in [-0.2, -0.15) is 5.10 Å². The highest BCUT2D eigenvalue weighted by molar-refractivity contribution is 5.76. The van der Waals surface area contributed by atoms with Crippen LogP contribution in [0.15, 0.2) is 53.8 Å². The summed E-state index contributed by atoms with van der Waals surface area (Å²) in [5.41, 5.74) is 2.11. The molecule has 0 radical (unpaired) electrons. The number of ether oxygens (including phenoxy) is 1. The minimum Gasteiger partial charge on any atom is -0.497 e. The summed E-state index contributed by atoms with van der Waals surface area (Å²) < 4.78 is 6.78. The molecular formula is C18H21N5O4. The van der Waals surface area contributed by atoms with Crippen molar-refractivity contribution < 1.29 is 19.4 Å². The first-order valence-corrected chi connectivity index (χ1v) is 8.08. The molecule has 0 aliphatic carbocycles.